The van der Waals surface area contributed by atoms with Gasteiger partial charge in [-0.1, -0.05) is 6.07 Å². The Morgan fingerprint density at radius 2 is 2.35 bits per heavy atom. The molecule has 1 aromatic carbocycles. The van der Waals surface area contributed by atoms with Crippen LogP contribution in [0.15, 0.2) is 29.9 Å². The molecule has 0 bridgehead atoms. The van der Waals surface area contributed by atoms with Crippen molar-refractivity contribution in [3.8, 4) is 0 Å². The smallest absolute Gasteiger partial charge is 0.327 e. The van der Waals surface area contributed by atoms with E-state index in [1.807, 2.05) is 0 Å². The van der Waals surface area contributed by atoms with Crippen LogP contribution in [0.3, 0.4) is 0 Å². The van der Waals surface area contributed by atoms with Gasteiger partial charge in [-0.05, 0) is 12.1 Å². The summed E-state index contributed by atoms with van der Waals surface area (Å²) in [5.74, 6) is -0.843. The highest BCUT2D eigenvalue weighted by Gasteiger charge is 2.19. The molecule has 7 heteroatoms. The molecule has 88 valence electrons. The molecule has 0 aliphatic heterocycles. The minimum atomic E-state index is -0.843. The predicted octanol–water partition coefficient (Wildman–Crippen LogP) is 2.80. The highest BCUT2D eigenvalue weighted by atomic mass is 32.1. The molecular weight excluding hydrogens is 245 g/mol. The van der Waals surface area contributed by atoms with Gasteiger partial charge in [0.05, 0.1) is 17.0 Å². The standard InChI is InChI=1S/C10H8FN3O2S/c11-8-2-1-3-9(10(8)14(15)16)13-5-7-4-12-6-17-7/h1-4,6,13H,5H2. The Morgan fingerprint density at radius 3 is 3.00 bits per heavy atom. The summed E-state index contributed by atoms with van der Waals surface area (Å²) in [6, 6.07) is 3.97. The van der Waals surface area contributed by atoms with Crippen LogP contribution in [-0.4, -0.2) is 9.91 Å². The molecule has 0 aliphatic carbocycles. The van der Waals surface area contributed by atoms with E-state index < -0.39 is 16.4 Å². The fourth-order valence-corrected chi connectivity index (χ4v) is 1.89. The van der Waals surface area contributed by atoms with Crippen molar-refractivity contribution < 1.29 is 9.31 Å². The minimum absolute atomic E-state index is 0.170. The third-order valence-corrected chi connectivity index (χ3v) is 2.89. The molecule has 0 amide bonds. The van der Waals surface area contributed by atoms with Crippen LogP contribution >= 0.6 is 11.3 Å². The number of hydrogen-bond donors (Lipinski definition) is 1. The molecule has 0 unspecified atom stereocenters. The number of para-hydroxylation sites is 1. The number of nitrogens with one attached hydrogen (secondary N) is 1. The van der Waals surface area contributed by atoms with Crippen molar-refractivity contribution in [2.75, 3.05) is 5.32 Å². The van der Waals surface area contributed by atoms with Crippen LogP contribution < -0.4 is 5.32 Å². The molecule has 0 spiro atoms. The van der Waals surface area contributed by atoms with Crippen molar-refractivity contribution >= 4 is 22.7 Å². The zero-order valence-electron chi connectivity index (χ0n) is 8.59. The Labute approximate surface area is 100 Å². The second kappa shape index (κ2) is 4.88. The molecule has 0 saturated heterocycles. The first kappa shape index (κ1) is 11.5. The van der Waals surface area contributed by atoms with Gasteiger partial charge in [-0.25, -0.2) is 0 Å². The predicted molar refractivity (Wildman–Crippen MR) is 62.5 cm³/mol. The van der Waals surface area contributed by atoms with Crippen molar-refractivity contribution in [2.24, 2.45) is 0 Å². The van der Waals surface area contributed by atoms with Crippen LogP contribution in [0, 0.1) is 15.9 Å². The summed E-state index contributed by atoms with van der Waals surface area (Å²) in [6.07, 6.45) is 1.66. The van der Waals surface area contributed by atoms with Crippen LogP contribution in [0.25, 0.3) is 0 Å². The Kier molecular flexibility index (Phi) is 3.29. The normalized spacial score (nSPS) is 10.2. The lowest BCUT2D eigenvalue weighted by atomic mass is 10.2. The maximum absolute atomic E-state index is 13.3. The molecule has 5 nitrogen and oxygen atoms in total. The van der Waals surface area contributed by atoms with E-state index in [1.165, 1.54) is 23.5 Å². The first-order chi connectivity index (χ1) is 8.18. The number of aromatic nitrogens is 1. The molecule has 17 heavy (non-hydrogen) atoms. The van der Waals surface area contributed by atoms with Gasteiger partial charge in [0.15, 0.2) is 0 Å². The van der Waals surface area contributed by atoms with E-state index in [-0.39, 0.29) is 5.69 Å². The molecule has 1 heterocycles. The van der Waals surface area contributed by atoms with Crippen molar-refractivity contribution in [3.63, 3.8) is 0 Å². The largest absolute Gasteiger partial charge is 0.374 e. The number of thiazole rings is 1. The summed E-state index contributed by atoms with van der Waals surface area (Å²) in [4.78, 5) is 14.8. The lowest BCUT2D eigenvalue weighted by Gasteiger charge is -2.05. The number of hydrogen-bond acceptors (Lipinski definition) is 5. The number of nitro benzene ring substituents is 1. The van der Waals surface area contributed by atoms with Crippen LogP contribution in [0.2, 0.25) is 0 Å². The first-order valence-corrected chi connectivity index (χ1v) is 5.60. The monoisotopic (exact) mass is 253 g/mol. The molecule has 0 atom stereocenters. The SMILES string of the molecule is O=[N+]([O-])c1c(F)cccc1NCc1cncs1. The molecule has 2 aromatic rings. The third kappa shape index (κ3) is 2.56. The molecule has 2 rings (SSSR count). The molecule has 0 radical (unpaired) electrons. The molecule has 0 aliphatic rings. The third-order valence-electron chi connectivity index (χ3n) is 2.11. The van der Waals surface area contributed by atoms with Gasteiger partial charge in [0.1, 0.15) is 5.69 Å². The number of anilines is 1. The van der Waals surface area contributed by atoms with Crippen LogP contribution in [0.5, 0.6) is 0 Å². The fourth-order valence-electron chi connectivity index (χ4n) is 1.36. The lowest BCUT2D eigenvalue weighted by molar-refractivity contribution is -0.386. The quantitative estimate of drug-likeness (QED) is 0.672. The summed E-state index contributed by atoms with van der Waals surface area (Å²) in [5, 5.41) is 13.5. The summed E-state index contributed by atoms with van der Waals surface area (Å²) in [5.41, 5.74) is 1.30. The highest BCUT2D eigenvalue weighted by molar-refractivity contribution is 7.09. The summed E-state index contributed by atoms with van der Waals surface area (Å²) in [7, 11) is 0. The Balaban J connectivity index is 2.21. The van der Waals surface area contributed by atoms with E-state index in [9.17, 15) is 14.5 Å². The Morgan fingerprint density at radius 1 is 1.53 bits per heavy atom. The second-order valence-electron chi connectivity index (χ2n) is 3.21. The van der Waals surface area contributed by atoms with E-state index in [4.69, 9.17) is 0 Å². The van der Waals surface area contributed by atoms with Crippen molar-refractivity contribution in [1.29, 1.82) is 0 Å². The average Bonchev–Trinajstić information content (AvgIpc) is 2.78. The lowest BCUT2D eigenvalue weighted by Crippen LogP contribution is -2.03. The number of rotatable bonds is 4. The van der Waals surface area contributed by atoms with E-state index in [0.717, 1.165) is 10.9 Å². The zero-order valence-corrected chi connectivity index (χ0v) is 9.41. The van der Waals surface area contributed by atoms with Gasteiger partial charge in [0, 0.05) is 11.1 Å². The van der Waals surface area contributed by atoms with E-state index >= 15 is 0 Å². The molecule has 1 aromatic heterocycles. The van der Waals surface area contributed by atoms with Gasteiger partial charge < -0.3 is 5.32 Å². The maximum atomic E-state index is 13.3. The second-order valence-corrected chi connectivity index (χ2v) is 4.19. The van der Waals surface area contributed by atoms with Gasteiger partial charge in [-0.2, -0.15) is 4.39 Å². The van der Waals surface area contributed by atoms with E-state index in [0.29, 0.717) is 6.54 Å². The van der Waals surface area contributed by atoms with Crippen molar-refractivity contribution in [3.05, 3.63) is 50.7 Å². The van der Waals surface area contributed by atoms with Gasteiger partial charge >= 0.3 is 5.69 Å². The Bertz CT molecular complexity index is 530. The topological polar surface area (TPSA) is 68.1 Å². The first-order valence-electron chi connectivity index (χ1n) is 4.72. The number of benzene rings is 1. The molecule has 0 saturated carbocycles. The number of nitrogens with zero attached hydrogens (tertiary/aromatic N) is 2. The van der Waals surface area contributed by atoms with Crippen LogP contribution in [0.4, 0.5) is 15.8 Å². The van der Waals surface area contributed by atoms with Crippen molar-refractivity contribution in [2.45, 2.75) is 6.54 Å². The highest BCUT2D eigenvalue weighted by Crippen LogP contribution is 2.27. The molecule has 0 fully saturated rings. The van der Waals surface area contributed by atoms with Crippen LogP contribution in [0.1, 0.15) is 4.88 Å². The van der Waals surface area contributed by atoms with Gasteiger partial charge in [0.2, 0.25) is 5.82 Å². The summed E-state index contributed by atoms with van der Waals surface area (Å²) < 4.78 is 13.3. The van der Waals surface area contributed by atoms with Gasteiger partial charge in [-0.3, -0.25) is 15.1 Å². The summed E-state index contributed by atoms with van der Waals surface area (Å²) >= 11 is 1.42. The van der Waals surface area contributed by atoms with Crippen LogP contribution in [-0.2, 0) is 6.54 Å². The molecular formula is C10H8FN3O2S. The van der Waals surface area contributed by atoms with E-state index in [1.54, 1.807) is 11.7 Å². The fraction of sp³-hybridized carbons (Fsp3) is 0.100. The minimum Gasteiger partial charge on any atom is -0.374 e. The van der Waals surface area contributed by atoms with Crippen molar-refractivity contribution in [1.82, 2.24) is 4.98 Å². The van der Waals surface area contributed by atoms with Gasteiger partial charge in [-0.15, -0.1) is 11.3 Å². The zero-order chi connectivity index (χ0) is 12.3. The maximum Gasteiger partial charge on any atom is 0.327 e. The average molecular weight is 253 g/mol. The van der Waals surface area contributed by atoms with Gasteiger partial charge in [0.25, 0.3) is 0 Å². The molecule has 1 N–H and O–H groups in total. The van der Waals surface area contributed by atoms with E-state index in [2.05, 4.69) is 10.3 Å². The number of nitro groups is 1. The summed E-state index contributed by atoms with van der Waals surface area (Å²) in [6.45, 7) is 0.384. The Hall–Kier alpha value is -2.02. The number of halogens is 1.